The third kappa shape index (κ3) is 4.19. The molecule has 1 aliphatic rings. The smallest absolute Gasteiger partial charge is 0.226 e. The van der Waals surface area contributed by atoms with E-state index < -0.39 is 0 Å². The van der Waals surface area contributed by atoms with Crippen LogP contribution >= 0.6 is 0 Å². The molecule has 2 aromatic carbocycles. The lowest BCUT2D eigenvalue weighted by Crippen LogP contribution is -2.43. The van der Waals surface area contributed by atoms with Gasteiger partial charge in [0.1, 0.15) is 5.75 Å². The maximum Gasteiger partial charge on any atom is 0.226 e. The van der Waals surface area contributed by atoms with Gasteiger partial charge in [0.15, 0.2) is 11.5 Å². The molecule has 1 amide bonds. The van der Waals surface area contributed by atoms with Crippen molar-refractivity contribution >= 4 is 5.91 Å². The molecule has 0 radical (unpaired) electrons. The van der Waals surface area contributed by atoms with Gasteiger partial charge in [-0.15, -0.1) is 0 Å². The number of methoxy groups -OCH3 is 3. The normalized spacial score (nSPS) is 16.7. The van der Waals surface area contributed by atoms with Crippen molar-refractivity contribution in [1.82, 2.24) is 4.90 Å². The summed E-state index contributed by atoms with van der Waals surface area (Å²) < 4.78 is 16.4. The van der Waals surface area contributed by atoms with Crippen molar-refractivity contribution in [3.05, 3.63) is 53.1 Å². The quantitative estimate of drug-likeness (QED) is 0.684. The molecule has 156 valence electrons. The van der Waals surface area contributed by atoms with E-state index in [9.17, 15) is 4.79 Å². The summed E-state index contributed by atoms with van der Waals surface area (Å²) in [5.41, 5.74) is 3.35. The molecule has 0 spiro atoms. The van der Waals surface area contributed by atoms with Crippen LogP contribution in [0.1, 0.15) is 49.4 Å². The highest BCUT2D eigenvalue weighted by Gasteiger charge is 2.34. The van der Waals surface area contributed by atoms with E-state index in [-0.39, 0.29) is 17.9 Å². The average molecular weight is 398 g/mol. The first kappa shape index (κ1) is 21.0. The number of fused-ring (bicyclic) bond motifs is 1. The van der Waals surface area contributed by atoms with Gasteiger partial charge in [-0.1, -0.05) is 32.4 Å². The van der Waals surface area contributed by atoms with E-state index in [2.05, 4.69) is 6.92 Å². The minimum atomic E-state index is -0.156. The van der Waals surface area contributed by atoms with Gasteiger partial charge in [-0.05, 0) is 53.8 Å². The zero-order valence-electron chi connectivity index (χ0n) is 18.0. The summed E-state index contributed by atoms with van der Waals surface area (Å²) in [6.07, 6.45) is 2.69. The summed E-state index contributed by atoms with van der Waals surface area (Å²) in [7, 11) is 4.95. The first-order valence-corrected chi connectivity index (χ1v) is 10.2. The maximum atomic E-state index is 13.3. The lowest BCUT2D eigenvalue weighted by Gasteiger charge is -2.39. The van der Waals surface area contributed by atoms with Crippen LogP contribution in [0.25, 0.3) is 0 Å². The van der Waals surface area contributed by atoms with E-state index in [1.807, 2.05) is 48.2 Å². The Balaban J connectivity index is 2.10. The molecule has 2 aromatic rings. The van der Waals surface area contributed by atoms with Crippen molar-refractivity contribution in [1.29, 1.82) is 0 Å². The third-order valence-electron chi connectivity index (χ3n) is 5.73. The van der Waals surface area contributed by atoms with E-state index >= 15 is 0 Å². The summed E-state index contributed by atoms with van der Waals surface area (Å²) in [5.74, 6) is 2.41. The first-order valence-electron chi connectivity index (χ1n) is 10.2. The van der Waals surface area contributed by atoms with Gasteiger partial charge < -0.3 is 19.1 Å². The molecule has 1 aliphatic heterocycles. The molecule has 2 atom stereocenters. The van der Waals surface area contributed by atoms with Gasteiger partial charge in [-0.3, -0.25) is 4.79 Å². The molecule has 0 fully saturated rings. The summed E-state index contributed by atoms with van der Waals surface area (Å²) in [6, 6.07) is 11.9. The molecule has 5 nitrogen and oxygen atoms in total. The number of rotatable bonds is 7. The minimum absolute atomic E-state index is 0.00226. The van der Waals surface area contributed by atoms with Crippen LogP contribution < -0.4 is 14.2 Å². The molecule has 5 heteroatoms. The molecule has 3 rings (SSSR count). The predicted octanol–water partition coefficient (Wildman–Crippen LogP) is 4.62. The number of ether oxygens (including phenoxy) is 3. The average Bonchev–Trinajstić information content (AvgIpc) is 2.76. The molecule has 0 bridgehead atoms. The SMILES string of the molecule is CCC[C@@H](C)C(=O)N1CCc2cc(OC)c(OC)cc2[C@H]1c1ccc(OC)cc1. The van der Waals surface area contributed by atoms with Crippen LogP contribution in [-0.4, -0.2) is 38.7 Å². The zero-order chi connectivity index (χ0) is 21.0. The maximum absolute atomic E-state index is 13.3. The molecule has 1 heterocycles. The van der Waals surface area contributed by atoms with Gasteiger partial charge in [0.05, 0.1) is 27.4 Å². The third-order valence-corrected chi connectivity index (χ3v) is 5.73. The Labute approximate surface area is 173 Å². The van der Waals surface area contributed by atoms with Crippen LogP contribution in [0.3, 0.4) is 0 Å². The molecular formula is C24H31NO4. The highest BCUT2D eigenvalue weighted by Crippen LogP contribution is 2.42. The van der Waals surface area contributed by atoms with E-state index in [1.54, 1.807) is 21.3 Å². The fourth-order valence-electron chi connectivity index (χ4n) is 4.17. The summed E-state index contributed by atoms with van der Waals surface area (Å²) in [5, 5.41) is 0. The molecule has 0 unspecified atom stereocenters. The molecule has 0 saturated heterocycles. The van der Waals surface area contributed by atoms with Gasteiger partial charge in [0, 0.05) is 12.5 Å². The van der Waals surface area contributed by atoms with Crippen LogP contribution in [0.5, 0.6) is 17.2 Å². The van der Waals surface area contributed by atoms with E-state index in [4.69, 9.17) is 14.2 Å². The van der Waals surface area contributed by atoms with Crippen molar-refractivity contribution in [2.75, 3.05) is 27.9 Å². The van der Waals surface area contributed by atoms with Gasteiger partial charge in [0.2, 0.25) is 5.91 Å². The summed E-state index contributed by atoms with van der Waals surface area (Å²) >= 11 is 0. The Hall–Kier alpha value is -2.69. The monoisotopic (exact) mass is 397 g/mol. The second-order valence-electron chi connectivity index (χ2n) is 7.55. The van der Waals surface area contributed by atoms with Crippen molar-refractivity contribution in [3.63, 3.8) is 0 Å². The second kappa shape index (κ2) is 9.21. The van der Waals surface area contributed by atoms with Crippen molar-refractivity contribution in [2.24, 2.45) is 5.92 Å². The molecule has 0 aliphatic carbocycles. The minimum Gasteiger partial charge on any atom is -0.497 e. The molecule has 29 heavy (non-hydrogen) atoms. The zero-order valence-corrected chi connectivity index (χ0v) is 18.0. The van der Waals surface area contributed by atoms with Gasteiger partial charge in [-0.25, -0.2) is 0 Å². The molecular weight excluding hydrogens is 366 g/mol. The molecule has 0 aromatic heterocycles. The van der Waals surface area contributed by atoms with Crippen molar-refractivity contribution in [3.8, 4) is 17.2 Å². The Kier molecular flexibility index (Phi) is 6.68. The summed E-state index contributed by atoms with van der Waals surface area (Å²) in [6.45, 7) is 4.83. The highest BCUT2D eigenvalue weighted by molar-refractivity contribution is 5.80. The Morgan fingerprint density at radius 2 is 1.72 bits per heavy atom. The predicted molar refractivity (Wildman–Crippen MR) is 114 cm³/mol. The number of carbonyl (C=O) groups is 1. The van der Waals surface area contributed by atoms with E-state index in [1.165, 1.54) is 5.56 Å². The van der Waals surface area contributed by atoms with Gasteiger partial charge in [0.25, 0.3) is 0 Å². The van der Waals surface area contributed by atoms with Crippen LogP contribution in [0.15, 0.2) is 36.4 Å². The number of benzene rings is 2. The van der Waals surface area contributed by atoms with E-state index in [0.29, 0.717) is 12.3 Å². The number of carbonyl (C=O) groups excluding carboxylic acids is 1. The Morgan fingerprint density at radius 1 is 1.07 bits per heavy atom. The second-order valence-corrected chi connectivity index (χ2v) is 7.55. The fourth-order valence-corrected chi connectivity index (χ4v) is 4.17. The topological polar surface area (TPSA) is 48.0 Å². The molecule has 0 saturated carbocycles. The highest BCUT2D eigenvalue weighted by atomic mass is 16.5. The lowest BCUT2D eigenvalue weighted by atomic mass is 9.86. The van der Waals surface area contributed by atoms with Gasteiger partial charge >= 0.3 is 0 Å². The first-order chi connectivity index (χ1) is 14.0. The number of amides is 1. The van der Waals surface area contributed by atoms with Crippen molar-refractivity contribution < 1.29 is 19.0 Å². The van der Waals surface area contributed by atoms with Crippen LogP contribution in [0.2, 0.25) is 0 Å². The van der Waals surface area contributed by atoms with Crippen molar-refractivity contribution in [2.45, 2.75) is 39.2 Å². The van der Waals surface area contributed by atoms with Crippen LogP contribution in [-0.2, 0) is 11.2 Å². The number of hydrogen-bond acceptors (Lipinski definition) is 4. The fraction of sp³-hybridized carbons (Fsp3) is 0.458. The lowest BCUT2D eigenvalue weighted by molar-refractivity contribution is -0.137. The number of hydrogen-bond donors (Lipinski definition) is 0. The van der Waals surface area contributed by atoms with Crippen LogP contribution in [0, 0.1) is 5.92 Å². The number of nitrogens with zero attached hydrogens (tertiary/aromatic N) is 1. The van der Waals surface area contributed by atoms with Crippen LogP contribution in [0.4, 0.5) is 0 Å². The molecule has 0 N–H and O–H groups in total. The standard InChI is InChI=1S/C24H31NO4/c1-6-7-16(2)24(26)25-13-12-18-14-21(28-4)22(29-5)15-20(18)23(25)17-8-10-19(27-3)11-9-17/h8-11,14-16,23H,6-7,12-13H2,1-5H3/t16-,23-/m1/s1. The summed E-state index contributed by atoms with van der Waals surface area (Å²) in [4.78, 5) is 15.4. The largest absolute Gasteiger partial charge is 0.497 e. The Morgan fingerprint density at radius 3 is 2.31 bits per heavy atom. The van der Waals surface area contributed by atoms with Gasteiger partial charge in [-0.2, -0.15) is 0 Å². The van der Waals surface area contributed by atoms with E-state index in [0.717, 1.165) is 41.9 Å². The Bertz CT molecular complexity index is 847.